The third-order valence-electron chi connectivity index (χ3n) is 4.15. The highest BCUT2D eigenvalue weighted by molar-refractivity contribution is 5.57. The lowest BCUT2D eigenvalue weighted by atomic mass is 9.99. The molecule has 0 spiro atoms. The molecule has 1 atom stereocenters. The SMILES string of the molecule is CCC(CC)CN(CC)c1cc(C)c(F)cc1C(C)N. The maximum Gasteiger partial charge on any atom is 0.126 e. The van der Waals surface area contributed by atoms with Crippen LogP contribution in [0.3, 0.4) is 0 Å². The average molecular weight is 280 g/mol. The summed E-state index contributed by atoms with van der Waals surface area (Å²) in [5.74, 6) is 0.501. The highest BCUT2D eigenvalue weighted by Gasteiger charge is 2.17. The van der Waals surface area contributed by atoms with E-state index in [1.165, 1.54) is 12.8 Å². The van der Waals surface area contributed by atoms with Crippen LogP contribution >= 0.6 is 0 Å². The van der Waals surface area contributed by atoms with Gasteiger partial charge in [-0.05, 0) is 49.9 Å². The Morgan fingerprint density at radius 2 is 1.80 bits per heavy atom. The Morgan fingerprint density at radius 1 is 1.20 bits per heavy atom. The molecule has 0 aliphatic carbocycles. The summed E-state index contributed by atoms with van der Waals surface area (Å²) in [4.78, 5) is 2.34. The first kappa shape index (κ1) is 17.0. The number of halogens is 1. The van der Waals surface area contributed by atoms with Crippen LogP contribution in [-0.4, -0.2) is 13.1 Å². The van der Waals surface area contributed by atoms with Gasteiger partial charge in [-0.3, -0.25) is 0 Å². The maximum atomic E-state index is 13.8. The molecule has 0 radical (unpaired) electrons. The quantitative estimate of drug-likeness (QED) is 0.801. The van der Waals surface area contributed by atoms with E-state index in [4.69, 9.17) is 5.73 Å². The predicted molar refractivity (Wildman–Crippen MR) is 85.7 cm³/mol. The van der Waals surface area contributed by atoms with E-state index >= 15 is 0 Å². The second-order valence-corrected chi connectivity index (χ2v) is 5.67. The normalized spacial score (nSPS) is 12.8. The van der Waals surface area contributed by atoms with Crippen LogP contribution < -0.4 is 10.6 Å². The fourth-order valence-corrected chi connectivity index (χ4v) is 2.58. The van der Waals surface area contributed by atoms with Crippen molar-refractivity contribution in [3.63, 3.8) is 0 Å². The van der Waals surface area contributed by atoms with Gasteiger partial charge in [0, 0.05) is 24.8 Å². The summed E-state index contributed by atoms with van der Waals surface area (Å²) in [6, 6.07) is 3.39. The van der Waals surface area contributed by atoms with Crippen molar-refractivity contribution >= 4 is 5.69 Å². The van der Waals surface area contributed by atoms with Crippen molar-refractivity contribution in [1.29, 1.82) is 0 Å². The van der Waals surface area contributed by atoms with Crippen LogP contribution in [-0.2, 0) is 0 Å². The molecule has 2 nitrogen and oxygen atoms in total. The van der Waals surface area contributed by atoms with Gasteiger partial charge in [-0.1, -0.05) is 26.7 Å². The molecular formula is C17H29FN2. The van der Waals surface area contributed by atoms with Crippen LogP contribution in [0.2, 0.25) is 0 Å². The van der Waals surface area contributed by atoms with Crippen LogP contribution in [0.25, 0.3) is 0 Å². The Balaban J connectivity index is 3.16. The van der Waals surface area contributed by atoms with E-state index in [1.807, 2.05) is 19.9 Å². The molecule has 3 heteroatoms. The minimum absolute atomic E-state index is 0.157. The van der Waals surface area contributed by atoms with E-state index in [2.05, 4.69) is 25.7 Å². The van der Waals surface area contributed by atoms with Gasteiger partial charge in [-0.25, -0.2) is 4.39 Å². The number of hydrogen-bond acceptors (Lipinski definition) is 2. The molecule has 0 saturated carbocycles. The summed E-state index contributed by atoms with van der Waals surface area (Å²) >= 11 is 0. The lowest BCUT2D eigenvalue weighted by Crippen LogP contribution is -2.30. The van der Waals surface area contributed by atoms with Crippen molar-refractivity contribution in [1.82, 2.24) is 0 Å². The summed E-state index contributed by atoms with van der Waals surface area (Å²) in [5, 5.41) is 0. The molecule has 0 fully saturated rings. The van der Waals surface area contributed by atoms with Crippen molar-refractivity contribution in [2.45, 2.75) is 53.5 Å². The second kappa shape index (κ2) is 7.63. The highest BCUT2D eigenvalue weighted by atomic mass is 19.1. The third kappa shape index (κ3) is 3.95. The Hall–Kier alpha value is -1.09. The summed E-state index contributed by atoms with van der Waals surface area (Å²) in [6.07, 6.45) is 2.33. The van der Waals surface area contributed by atoms with Crippen molar-refractivity contribution in [3.8, 4) is 0 Å². The van der Waals surface area contributed by atoms with E-state index in [0.717, 1.165) is 24.3 Å². The predicted octanol–water partition coefficient (Wildman–Crippen LogP) is 4.42. The van der Waals surface area contributed by atoms with Gasteiger partial charge >= 0.3 is 0 Å². The van der Waals surface area contributed by atoms with Crippen molar-refractivity contribution in [2.75, 3.05) is 18.0 Å². The molecule has 20 heavy (non-hydrogen) atoms. The molecule has 0 saturated heterocycles. The Kier molecular flexibility index (Phi) is 6.47. The number of benzene rings is 1. The minimum atomic E-state index is -0.167. The molecule has 1 unspecified atom stereocenters. The van der Waals surface area contributed by atoms with Gasteiger partial charge in [-0.15, -0.1) is 0 Å². The van der Waals surface area contributed by atoms with E-state index in [0.29, 0.717) is 11.5 Å². The lowest BCUT2D eigenvalue weighted by Gasteiger charge is -2.30. The minimum Gasteiger partial charge on any atom is -0.371 e. The molecule has 0 heterocycles. The van der Waals surface area contributed by atoms with Gasteiger partial charge in [0.05, 0.1) is 0 Å². The van der Waals surface area contributed by atoms with Crippen molar-refractivity contribution in [2.24, 2.45) is 11.7 Å². The van der Waals surface area contributed by atoms with Gasteiger partial charge in [-0.2, -0.15) is 0 Å². The smallest absolute Gasteiger partial charge is 0.126 e. The summed E-state index contributed by atoms with van der Waals surface area (Å²) in [5.41, 5.74) is 8.71. The number of anilines is 1. The number of rotatable bonds is 7. The molecule has 2 N–H and O–H groups in total. The van der Waals surface area contributed by atoms with Crippen LogP contribution in [0.1, 0.15) is 57.7 Å². The zero-order valence-corrected chi connectivity index (χ0v) is 13.5. The van der Waals surface area contributed by atoms with Crippen LogP contribution in [0.5, 0.6) is 0 Å². The first-order valence-electron chi connectivity index (χ1n) is 7.75. The molecule has 0 aliphatic heterocycles. The number of aryl methyl sites for hydroxylation is 1. The number of nitrogens with two attached hydrogens (primary N) is 1. The molecule has 1 aromatic rings. The van der Waals surface area contributed by atoms with Gasteiger partial charge in [0.1, 0.15) is 5.82 Å². The van der Waals surface area contributed by atoms with Crippen LogP contribution in [0, 0.1) is 18.7 Å². The highest BCUT2D eigenvalue weighted by Crippen LogP contribution is 2.29. The summed E-state index contributed by atoms with van der Waals surface area (Å²) < 4.78 is 13.8. The van der Waals surface area contributed by atoms with Gasteiger partial charge < -0.3 is 10.6 Å². The zero-order valence-electron chi connectivity index (χ0n) is 13.5. The van der Waals surface area contributed by atoms with Crippen LogP contribution in [0.4, 0.5) is 10.1 Å². The van der Waals surface area contributed by atoms with E-state index in [9.17, 15) is 4.39 Å². The first-order chi connectivity index (χ1) is 9.44. The second-order valence-electron chi connectivity index (χ2n) is 5.67. The van der Waals surface area contributed by atoms with Gasteiger partial charge in [0.25, 0.3) is 0 Å². The summed E-state index contributed by atoms with van der Waals surface area (Å²) in [6.45, 7) is 12.3. The Labute approximate surface area is 123 Å². The monoisotopic (exact) mass is 280 g/mol. The Morgan fingerprint density at radius 3 is 2.25 bits per heavy atom. The molecule has 0 aliphatic rings. The fourth-order valence-electron chi connectivity index (χ4n) is 2.58. The number of hydrogen-bond donors (Lipinski definition) is 1. The Bertz CT molecular complexity index is 425. The largest absolute Gasteiger partial charge is 0.371 e. The number of nitrogens with zero attached hydrogens (tertiary/aromatic N) is 1. The third-order valence-corrected chi connectivity index (χ3v) is 4.15. The molecular weight excluding hydrogens is 251 g/mol. The molecule has 0 bridgehead atoms. The molecule has 0 amide bonds. The average Bonchev–Trinajstić information content (AvgIpc) is 2.43. The first-order valence-corrected chi connectivity index (χ1v) is 7.75. The van der Waals surface area contributed by atoms with Gasteiger partial charge in [0.2, 0.25) is 0 Å². The van der Waals surface area contributed by atoms with Crippen molar-refractivity contribution in [3.05, 3.63) is 29.1 Å². The topological polar surface area (TPSA) is 29.3 Å². The fraction of sp³-hybridized carbons (Fsp3) is 0.647. The van der Waals surface area contributed by atoms with Crippen molar-refractivity contribution < 1.29 is 4.39 Å². The van der Waals surface area contributed by atoms with Crippen LogP contribution in [0.15, 0.2) is 12.1 Å². The molecule has 1 rings (SSSR count). The van der Waals surface area contributed by atoms with E-state index in [1.54, 1.807) is 6.07 Å². The summed E-state index contributed by atoms with van der Waals surface area (Å²) in [7, 11) is 0. The molecule has 1 aromatic carbocycles. The molecule has 114 valence electrons. The lowest BCUT2D eigenvalue weighted by molar-refractivity contribution is 0.485. The zero-order chi connectivity index (χ0) is 15.3. The maximum absolute atomic E-state index is 13.8. The van der Waals surface area contributed by atoms with E-state index in [-0.39, 0.29) is 11.9 Å². The standard InChI is InChI=1S/C17H29FN2/c1-6-14(7-2)11-20(8-3)17-9-12(4)16(18)10-15(17)13(5)19/h9-10,13-14H,6-8,11,19H2,1-5H3. The van der Waals surface area contributed by atoms with E-state index < -0.39 is 0 Å². The van der Waals surface area contributed by atoms with Gasteiger partial charge in [0.15, 0.2) is 0 Å². The molecule has 0 aromatic heterocycles.